The van der Waals surface area contributed by atoms with Gasteiger partial charge in [0.1, 0.15) is 0 Å². The van der Waals surface area contributed by atoms with E-state index in [4.69, 9.17) is 0 Å². The SMILES string of the molecule is O=C(NC[C@@H]1CCN(C2CC2)C1)N1CCSC2(CCCCC2)C1. The summed E-state index contributed by atoms with van der Waals surface area (Å²) in [7, 11) is 0. The first kappa shape index (κ1) is 16.1. The second-order valence-corrected chi connectivity index (χ2v) is 9.64. The molecule has 0 aromatic heterocycles. The summed E-state index contributed by atoms with van der Waals surface area (Å²) in [6, 6.07) is 1.07. The minimum atomic E-state index is 0.195. The molecule has 130 valence electrons. The maximum atomic E-state index is 12.6. The van der Waals surface area contributed by atoms with Crippen LogP contribution in [0.2, 0.25) is 0 Å². The lowest BCUT2D eigenvalue weighted by Gasteiger charge is -2.44. The highest BCUT2D eigenvalue weighted by molar-refractivity contribution is 8.00. The van der Waals surface area contributed by atoms with E-state index in [2.05, 4.69) is 26.9 Å². The van der Waals surface area contributed by atoms with Crippen LogP contribution in [0.5, 0.6) is 0 Å². The molecule has 4 fully saturated rings. The number of amides is 2. The first-order chi connectivity index (χ1) is 11.2. The highest BCUT2D eigenvalue weighted by Gasteiger charge is 2.39. The van der Waals surface area contributed by atoms with Crippen LogP contribution in [0.4, 0.5) is 4.79 Å². The quantitative estimate of drug-likeness (QED) is 0.860. The number of hydrogen-bond acceptors (Lipinski definition) is 3. The molecular weight excluding hydrogens is 306 g/mol. The van der Waals surface area contributed by atoms with Crippen LogP contribution in [0.3, 0.4) is 0 Å². The first-order valence-electron chi connectivity index (χ1n) is 9.65. The minimum absolute atomic E-state index is 0.195. The van der Waals surface area contributed by atoms with Gasteiger partial charge >= 0.3 is 6.03 Å². The van der Waals surface area contributed by atoms with E-state index in [0.29, 0.717) is 10.7 Å². The molecule has 4 aliphatic rings. The number of likely N-dealkylation sites (tertiary alicyclic amines) is 1. The number of carbonyl (C=O) groups is 1. The van der Waals surface area contributed by atoms with Crippen LogP contribution in [0.1, 0.15) is 51.4 Å². The van der Waals surface area contributed by atoms with Crippen molar-refractivity contribution in [3.63, 3.8) is 0 Å². The van der Waals surface area contributed by atoms with Crippen molar-refractivity contribution >= 4 is 17.8 Å². The molecule has 1 N–H and O–H groups in total. The van der Waals surface area contributed by atoms with Gasteiger partial charge in [-0.25, -0.2) is 4.79 Å². The van der Waals surface area contributed by atoms with Crippen molar-refractivity contribution < 1.29 is 4.79 Å². The molecule has 5 heteroatoms. The predicted octanol–water partition coefficient (Wildman–Crippen LogP) is 2.93. The van der Waals surface area contributed by atoms with Gasteiger partial charge in [-0.15, -0.1) is 0 Å². The topological polar surface area (TPSA) is 35.6 Å². The zero-order valence-corrected chi connectivity index (χ0v) is 15.1. The molecule has 23 heavy (non-hydrogen) atoms. The summed E-state index contributed by atoms with van der Waals surface area (Å²) < 4.78 is 0.379. The van der Waals surface area contributed by atoms with E-state index in [-0.39, 0.29) is 6.03 Å². The van der Waals surface area contributed by atoms with E-state index in [1.54, 1.807) is 0 Å². The summed E-state index contributed by atoms with van der Waals surface area (Å²) in [6.07, 6.45) is 10.7. The number of rotatable bonds is 3. The Labute approximate surface area is 144 Å². The smallest absolute Gasteiger partial charge is 0.317 e. The van der Waals surface area contributed by atoms with Gasteiger partial charge in [-0.1, -0.05) is 19.3 Å². The molecule has 0 unspecified atom stereocenters. The van der Waals surface area contributed by atoms with Crippen molar-refractivity contribution in [2.45, 2.75) is 62.2 Å². The van der Waals surface area contributed by atoms with Gasteiger partial charge in [0.25, 0.3) is 0 Å². The standard InChI is InChI=1S/C18H31N3OS/c22-17(19-12-15-6-9-20(13-15)16-4-5-16)21-10-11-23-18(14-21)7-2-1-3-8-18/h15-16H,1-14H2,(H,19,22)/t15-/m0/s1. The Hall–Kier alpha value is -0.420. The van der Waals surface area contributed by atoms with E-state index in [1.807, 2.05) is 0 Å². The minimum Gasteiger partial charge on any atom is -0.338 e. The summed E-state index contributed by atoms with van der Waals surface area (Å²) in [5.41, 5.74) is 0. The lowest BCUT2D eigenvalue weighted by molar-refractivity contribution is 0.183. The van der Waals surface area contributed by atoms with E-state index in [9.17, 15) is 4.79 Å². The molecule has 4 nitrogen and oxygen atoms in total. The summed E-state index contributed by atoms with van der Waals surface area (Å²) in [6.45, 7) is 5.22. The second kappa shape index (κ2) is 6.83. The van der Waals surface area contributed by atoms with E-state index >= 15 is 0 Å². The van der Waals surface area contributed by atoms with Gasteiger partial charge in [0.2, 0.25) is 0 Å². The summed E-state index contributed by atoms with van der Waals surface area (Å²) in [4.78, 5) is 17.3. The van der Waals surface area contributed by atoms with Gasteiger partial charge < -0.3 is 15.1 Å². The van der Waals surface area contributed by atoms with E-state index in [1.165, 1.54) is 64.5 Å². The predicted molar refractivity (Wildman–Crippen MR) is 95.9 cm³/mol. The lowest BCUT2D eigenvalue weighted by Crippen LogP contribution is -2.53. The number of thioether (sulfide) groups is 1. The highest BCUT2D eigenvalue weighted by atomic mass is 32.2. The fourth-order valence-corrected chi connectivity index (χ4v) is 6.23. The molecule has 2 aliphatic heterocycles. The Morgan fingerprint density at radius 2 is 1.96 bits per heavy atom. The number of urea groups is 1. The number of nitrogens with zero attached hydrogens (tertiary/aromatic N) is 2. The normalized spacial score (nSPS) is 31.5. The molecule has 1 spiro atoms. The zero-order valence-electron chi connectivity index (χ0n) is 14.3. The molecule has 0 aromatic rings. The maximum Gasteiger partial charge on any atom is 0.317 e. The summed E-state index contributed by atoms with van der Waals surface area (Å²) >= 11 is 2.13. The highest BCUT2D eigenvalue weighted by Crippen LogP contribution is 2.42. The largest absolute Gasteiger partial charge is 0.338 e. The van der Waals surface area contributed by atoms with Gasteiger partial charge in [-0.05, 0) is 44.6 Å². The van der Waals surface area contributed by atoms with Crippen LogP contribution in [-0.4, -0.2) is 65.1 Å². The van der Waals surface area contributed by atoms with Gasteiger partial charge in [0, 0.05) is 42.7 Å². The monoisotopic (exact) mass is 337 g/mol. The van der Waals surface area contributed by atoms with Gasteiger partial charge in [0.15, 0.2) is 0 Å². The van der Waals surface area contributed by atoms with Gasteiger partial charge in [0.05, 0.1) is 0 Å². The Morgan fingerprint density at radius 3 is 2.74 bits per heavy atom. The van der Waals surface area contributed by atoms with Crippen LogP contribution >= 0.6 is 11.8 Å². The fraction of sp³-hybridized carbons (Fsp3) is 0.944. The number of hydrogen-bond donors (Lipinski definition) is 1. The van der Waals surface area contributed by atoms with Gasteiger partial charge in [-0.2, -0.15) is 11.8 Å². The van der Waals surface area contributed by atoms with Crippen molar-refractivity contribution in [2.24, 2.45) is 5.92 Å². The molecule has 2 amide bonds. The third-order valence-corrected chi connectivity index (χ3v) is 7.76. The Balaban J connectivity index is 1.24. The maximum absolute atomic E-state index is 12.6. The Morgan fingerprint density at radius 1 is 1.13 bits per heavy atom. The van der Waals surface area contributed by atoms with Crippen LogP contribution < -0.4 is 5.32 Å². The van der Waals surface area contributed by atoms with Crippen molar-refractivity contribution in [1.29, 1.82) is 0 Å². The van der Waals surface area contributed by atoms with Crippen LogP contribution in [0.15, 0.2) is 0 Å². The first-order valence-corrected chi connectivity index (χ1v) is 10.6. The van der Waals surface area contributed by atoms with E-state index in [0.717, 1.165) is 31.4 Å². The van der Waals surface area contributed by atoms with Crippen molar-refractivity contribution in [2.75, 3.05) is 38.5 Å². The average Bonchev–Trinajstić information content (AvgIpc) is 3.32. The third kappa shape index (κ3) is 3.81. The molecule has 1 atom stereocenters. The number of nitrogens with one attached hydrogen (secondary N) is 1. The molecule has 2 saturated heterocycles. The molecule has 0 bridgehead atoms. The van der Waals surface area contributed by atoms with Crippen LogP contribution in [0.25, 0.3) is 0 Å². The molecule has 4 rings (SSSR count). The fourth-order valence-electron chi connectivity index (χ4n) is 4.66. The van der Waals surface area contributed by atoms with Crippen LogP contribution in [0, 0.1) is 5.92 Å². The van der Waals surface area contributed by atoms with Crippen LogP contribution in [-0.2, 0) is 0 Å². The molecule has 0 radical (unpaired) electrons. The molecule has 2 saturated carbocycles. The van der Waals surface area contributed by atoms with Crippen molar-refractivity contribution in [1.82, 2.24) is 15.1 Å². The zero-order chi connectivity index (χ0) is 15.7. The molecule has 0 aromatic carbocycles. The summed E-state index contributed by atoms with van der Waals surface area (Å²) in [5.74, 6) is 1.79. The molecule has 2 aliphatic carbocycles. The van der Waals surface area contributed by atoms with Crippen molar-refractivity contribution in [3.05, 3.63) is 0 Å². The summed E-state index contributed by atoms with van der Waals surface area (Å²) in [5, 5.41) is 3.25. The number of carbonyl (C=O) groups excluding carboxylic acids is 1. The van der Waals surface area contributed by atoms with E-state index < -0.39 is 0 Å². The molecular formula is C18H31N3OS. The average molecular weight is 338 g/mol. The van der Waals surface area contributed by atoms with Gasteiger partial charge in [-0.3, -0.25) is 0 Å². The Kier molecular flexibility index (Phi) is 4.77. The second-order valence-electron chi connectivity index (χ2n) is 8.08. The molecule has 2 heterocycles. The lowest BCUT2D eigenvalue weighted by atomic mass is 9.87. The van der Waals surface area contributed by atoms with Crippen molar-refractivity contribution in [3.8, 4) is 0 Å². The third-order valence-electron chi connectivity index (χ3n) is 6.22. The Bertz CT molecular complexity index is 428.